The van der Waals surface area contributed by atoms with E-state index >= 15 is 0 Å². The highest BCUT2D eigenvalue weighted by molar-refractivity contribution is 5.97. The molecule has 128 valence electrons. The summed E-state index contributed by atoms with van der Waals surface area (Å²) in [7, 11) is 0. The molecular formula is C18H23N3O3. The molecule has 3 amide bonds. The molecule has 0 atom stereocenters. The lowest BCUT2D eigenvalue weighted by Gasteiger charge is -2.26. The minimum atomic E-state index is -0.186. The van der Waals surface area contributed by atoms with E-state index in [0.29, 0.717) is 25.1 Å². The molecule has 2 saturated heterocycles. The standard InChI is InChI=1S/C18H23N3O3/c1-13-11-14(7-8-15(13)21-10-4-6-18(21)24)19-16(22)12-20-9-3-2-5-17(20)23/h7-8,11H,2-6,9-10,12H2,1H3,(H,19,22). The third-order valence-corrected chi connectivity index (χ3v) is 4.60. The number of nitrogens with one attached hydrogen (secondary N) is 1. The summed E-state index contributed by atoms with van der Waals surface area (Å²) in [6.07, 6.45) is 3.89. The third-order valence-electron chi connectivity index (χ3n) is 4.60. The van der Waals surface area contributed by atoms with Crippen LogP contribution in [0.3, 0.4) is 0 Å². The molecule has 2 fully saturated rings. The van der Waals surface area contributed by atoms with E-state index in [4.69, 9.17) is 0 Å². The number of piperidine rings is 1. The van der Waals surface area contributed by atoms with Crippen LogP contribution in [0.25, 0.3) is 0 Å². The van der Waals surface area contributed by atoms with E-state index in [1.165, 1.54) is 0 Å². The highest BCUT2D eigenvalue weighted by atomic mass is 16.2. The van der Waals surface area contributed by atoms with Crippen LogP contribution in [0.15, 0.2) is 18.2 Å². The Hall–Kier alpha value is -2.37. The second kappa shape index (κ2) is 7.03. The molecule has 24 heavy (non-hydrogen) atoms. The van der Waals surface area contributed by atoms with Crippen molar-refractivity contribution >= 4 is 29.1 Å². The first-order chi connectivity index (χ1) is 11.5. The lowest BCUT2D eigenvalue weighted by Crippen LogP contribution is -2.40. The van der Waals surface area contributed by atoms with Crippen molar-refractivity contribution in [2.45, 2.75) is 39.0 Å². The molecule has 0 spiro atoms. The molecular weight excluding hydrogens is 306 g/mol. The summed E-state index contributed by atoms with van der Waals surface area (Å²) in [5, 5.41) is 2.84. The molecule has 0 radical (unpaired) electrons. The van der Waals surface area contributed by atoms with Gasteiger partial charge in [-0.3, -0.25) is 14.4 Å². The summed E-state index contributed by atoms with van der Waals surface area (Å²) in [5.74, 6) is 0.0172. The Bertz CT molecular complexity index is 671. The van der Waals surface area contributed by atoms with Crippen molar-refractivity contribution in [3.63, 3.8) is 0 Å². The SMILES string of the molecule is Cc1cc(NC(=O)CN2CCCCC2=O)ccc1N1CCCC1=O. The molecule has 0 unspecified atom stereocenters. The van der Waals surface area contributed by atoms with Gasteiger partial charge >= 0.3 is 0 Å². The zero-order chi connectivity index (χ0) is 17.1. The first-order valence-corrected chi connectivity index (χ1v) is 8.53. The monoisotopic (exact) mass is 329 g/mol. The highest BCUT2D eigenvalue weighted by Gasteiger charge is 2.23. The number of benzene rings is 1. The molecule has 3 rings (SSSR count). The molecule has 1 aromatic carbocycles. The van der Waals surface area contributed by atoms with Crippen LogP contribution in [0.2, 0.25) is 0 Å². The van der Waals surface area contributed by atoms with E-state index in [0.717, 1.165) is 37.1 Å². The second-order valence-electron chi connectivity index (χ2n) is 6.47. The van der Waals surface area contributed by atoms with Crippen LogP contribution in [-0.2, 0) is 14.4 Å². The van der Waals surface area contributed by atoms with Gasteiger partial charge < -0.3 is 15.1 Å². The number of likely N-dealkylation sites (tertiary alicyclic amines) is 1. The van der Waals surface area contributed by atoms with E-state index in [1.807, 2.05) is 25.1 Å². The van der Waals surface area contributed by atoms with Gasteiger partial charge in [-0.05, 0) is 49.9 Å². The van der Waals surface area contributed by atoms with Crippen LogP contribution < -0.4 is 10.2 Å². The molecule has 2 aliphatic heterocycles. The maximum atomic E-state index is 12.2. The lowest BCUT2D eigenvalue weighted by molar-refractivity contribution is -0.136. The van der Waals surface area contributed by atoms with Gasteiger partial charge in [0.25, 0.3) is 0 Å². The van der Waals surface area contributed by atoms with Crippen molar-refractivity contribution in [2.24, 2.45) is 0 Å². The minimum absolute atomic E-state index is 0.0514. The molecule has 2 aliphatic rings. The van der Waals surface area contributed by atoms with Gasteiger partial charge in [-0.25, -0.2) is 0 Å². The van der Waals surface area contributed by atoms with Crippen LogP contribution >= 0.6 is 0 Å². The van der Waals surface area contributed by atoms with Crippen molar-refractivity contribution in [3.05, 3.63) is 23.8 Å². The van der Waals surface area contributed by atoms with E-state index in [2.05, 4.69) is 5.32 Å². The quantitative estimate of drug-likeness (QED) is 0.919. The van der Waals surface area contributed by atoms with Crippen molar-refractivity contribution in [2.75, 3.05) is 29.9 Å². The fourth-order valence-electron chi connectivity index (χ4n) is 3.34. The highest BCUT2D eigenvalue weighted by Crippen LogP contribution is 2.27. The van der Waals surface area contributed by atoms with E-state index in [1.54, 1.807) is 9.80 Å². The zero-order valence-corrected chi connectivity index (χ0v) is 14.0. The van der Waals surface area contributed by atoms with Crippen molar-refractivity contribution in [3.8, 4) is 0 Å². The summed E-state index contributed by atoms with van der Waals surface area (Å²) >= 11 is 0. The third kappa shape index (κ3) is 3.58. The number of anilines is 2. The van der Waals surface area contributed by atoms with E-state index in [9.17, 15) is 14.4 Å². The number of hydrogen-bond donors (Lipinski definition) is 1. The Balaban J connectivity index is 1.63. The average Bonchev–Trinajstić information content (AvgIpc) is 2.96. The molecule has 0 aliphatic carbocycles. The molecule has 1 aromatic rings. The number of carbonyl (C=O) groups is 3. The smallest absolute Gasteiger partial charge is 0.243 e. The normalized spacial score (nSPS) is 18.2. The Labute approximate surface area is 141 Å². The lowest BCUT2D eigenvalue weighted by atomic mass is 10.1. The van der Waals surface area contributed by atoms with Gasteiger partial charge in [0, 0.05) is 37.3 Å². The molecule has 2 heterocycles. The molecule has 0 saturated carbocycles. The van der Waals surface area contributed by atoms with Gasteiger partial charge in [0.1, 0.15) is 0 Å². The van der Waals surface area contributed by atoms with Crippen molar-refractivity contribution < 1.29 is 14.4 Å². The molecule has 0 bridgehead atoms. The number of nitrogens with zero attached hydrogens (tertiary/aromatic N) is 2. The Morgan fingerprint density at radius 3 is 2.54 bits per heavy atom. The van der Waals surface area contributed by atoms with Crippen LogP contribution in [-0.4, -0.2) is 42.3 Å². The number of aryl methyl sites for hydroxylation is 1. The maximum Gasteiger partial charge on any atom is 0.243 e. The molecule has 6 nitrogen and oxygen atoms in total. The van der Waals surface area contributed by atoms with Gasteiger partial charge in [-0.15, -0.1) is 0 Å². The first-order valence-electron chi connectivity index (χ1n) is 8.53. The summed E-state index contributed by atoms with van der Waals surface area (Å²) in [6.45, 7) is 3.44. The van der Waals surface area contributed by atoms with Crippen LogP contribution in [0.4, 0.5) is 11.4 Å². The van der Waals surface area contributed by atoms with Crippen LogP contribution in [0.1, 0.15) is 37.7 Å². The summed E-state index contributed by atoms with van der Waals surface area (Å²) in [4.78, 5) is 39.2. The molecule has 0 aromatic heterocycles. The van der Waals surface area contributed by atoms with E-state index < -0.39 is 0 Å². The van der Waals surface area contributed by atoms with Gasteiger partial charge in [-0.2, -0.15) is 0 Å². The van der Waals surface area contributed by atoms with Gasteiger partial charge in [0.05, 0.1) is 6.54 Å². The fraction of sp³-hybridized carbons (Fsp3) is 0.500. The van der Waals surface area contributed by atoms with Crippen molar-refractivity contribution in [1.29, 1.82) is 0 Å². The first kappa shape index (κ1) is 16.5. The minimum Gasteiger partial charge on any atom is -0.333 e. The average molecular weight is 329 g/mol. The fourth-order valence-corrected chi connectivity index (χ4v) is 3.34. The van der Waals surface area contributed by atoms with Crippen molar-refractivity contribution in [1.82, 2.24) is 4.90 Å². The Morgan fingerprint density at radius 1 is 1.08 bits per heavy atom. The maximum absolute atomic E-state index is 12.2. The van der Waals surface area contributed by atoms with Gasteiger partial charge in [0.2, 0.25) is 17.7 Å². The summed E-state index contributed by atoms with van der Waals surface area (Å²) < 4.78 is 0. The largest absolute Gasteiger partial charge is 0.333 e. The van der Waals surface area contributed by atoms with E-state index in [-0.39, 0.29) is 24.3 Å². The van der Waals surface area contributed by atoms with Crippen LogP contribution in [0.5, 0.6) is 0 Å². The van der Waals surface area contributed by atoms with Gasteiger partial charge in [0.15, 0.2) is 0 Å². The Kier molecular flexibility index (Phi) is 4.83. The number of carbonyl (C=O) groups excluding carboxylic acids is 3. The number of rotatable bonds is 4. The topological polar surface area (TPSA) is 69.7 Å². The molecule has 1 N–H and O–H groups in total. The second-order valence-corrected chi connectivity index (χ2v) is 6.47. The predicted octanol–water partition coefficient (Wildman–Crippen LogP) is 2.07. The summed E-state index contributed by atoms with van der Waals surface area (Å²) in [6, 6.07) is 5.56. The Morgan fingerprint density at radius 2 is 1.88 bits per heavy atom. The number of amides is 3. The summed E-state index contributed by atoms with van der Waals surface area (Å²) in [5.41, 5.74) is 2.55. The predicted molar refractivity (Wildman–Crippen MR) is 91.8 cm³/mol. The van der Waals surface area contributed by atoms with Gasteiger partial charge in [-0.1, -0.05) is 0 Å². The van der Waals surface area contributed by atoms with Crippen LogP contribution in [0, 0.1) is 6.92 Å². The number of hydrogen-bond acceptors (Lipinski definition) is 3. The molecule has 6 heteroatoms. The zero-order valence-electron chi connectivity index (χ0n) is 14.0.